The van der Waals surface area contributed by atoms with Gasteiger partial charge in [-0.05, 0) is 75.3 Å². The van der Waals surface area contributed by atoms with Crippen LogP contribution in [0.4, 0.5) is 0 Å². The third kappa shape index (κ3) is 10.6. The van der Waals surface area contributed by atoms with Gasteiger partial charge in [-0.3, -0.25) is 0 Å². The van der Waals surface area contributed by atoms with E-state index in [0.717, 1.165) is 60.0 Å². The van der Waals surface area contributed by atoms with Crippen LogP contribution >= 0.6 is 9.69 Å². The third-order valence-electron chi connectivity index (χ3n) is 6.95. The number of nitrogens with one attached hydrogen (secondary N) is 2. The van der Waals surface area contributed by atoms with E-state index in [2.05, 4.69) is 50.1 Å². The van der Waals surface area contributed by atoms with Crippen LogP contribution in [-0.4, -0.2) is 15.0 Å². The number of rotatable bonds is 11. The molecular weight excluding hydrogens is 637 g/mol. The standard InChI is InChI=1S/C32H38N2O2S.2CH3.ClH.Ru/c1-24-22-25(2)32(26(3)23-24)37(35,36)34-31(29-19-11-6-12-20-29)30(28-17-9-5-10-18-28)33-21-13-16-27-14-7-4-8-15-27;;;;/h4-7,9-12,14,17-20,22-23,30-31,33-34H,8,13,15-16,21H2,1-3H3;2*1H3;1H;/q;2*-1;;+4/p-1. The SMILES string of the molecule is Cc1cc(C)c(S(=O)(=O)NC(c2ccccc2)C(NCCCC2=CC=CCC2)c2ccccc2)c(C)c1.[CH3-].[CH3-].[Cl][Ru+3]. The fraction of sp³-hybridized carbons (Fsp3) is 0.294. The second-order valence-electron chi connectivity index (χ2n) is 9.98. The average Bonchev–Trinajstić information content (AvgIpc) is 2.94. The summed E-state index contributed by atoms with van der Waals surface area (Å²) in [6, 6.07) is 23.2. The molecule has 4 rings (SSSR count). The Morgan fingerprint density at radius 3 is 1.90 bits per heavy atom. The van der Waals surface area contributed by atoms with E-state index in [-0.39, 0.29) is 20.9 Å². The van der Waals surface area contributed by atoms with Gasteiger partial charge in [-0.2, -0.15) is 0 Å². The van der Waals surface area contributed by atoms with Crippen molar-refractivity contribution < 1.29 is 25.7 Å². The van der Waals surface area contributed by atoms with Crippen molar-refractivity contribution in [2.45, 2.75) is 63.4 Å². The van der Waals surface area contributed by atoms with E-state index in [4.69, 9.17) is 0 Å². The molecule has 0 saturated carbocycles. The van der Waals surface area contributed by atoms with Gasteiger partial charge in [-0.1, -0.05) is 102 Å². The molecule has 4 nitrogen and oxygen atoms in total. The van der Waals surface area contributed by atoms with Gasteiger partial charge in [-0.15, -0.1) is 0 Å². The predicted molar refractivity (Wildman–Crippen MR) is 172 cm³/mol. The fourth-order valence-corrected chi connectivity index (χ4v) is 7.02. The van der Waals surface area contributed by atoms with Crippen LogP contribution in [0.25, 0.3) is 0 Å². The second-order valence-corrected chi connectivity index (χ2v) is 11.6. The summed E-state index contributed by atoms with van der Waals surface area (Å²) in [6.45, 7) is 6.52. The Balaban J connectivity index is 0.00000206. The van der Waals surface area contributed by atoms with E-state index < -0.39 is 16.1 Å². The third-order valence-corrected chi connectivity index (χ3v) is 8.69. The van der Waals surface area contributed by atoms with E-state index >= 15 is 0 Å². The summed E-state index contributed by atoms with van der Waals surface area (Å²) in [4.78, 5) is 0.364. The van der Waals surface area contributed by atoms with Gasteiger partial charge in [-0.25, -0.2) is 13.1 Å². The summed E-state index contributed by atoms with van der Waals surface area (Å²) in [6.07, 6.45) is 10.9. The number of hydrogen-bond acceptors (Lipinski definition) is 3. The molecule has 2 atom stereocenters. The zero-order chi connectivity index (χ0) is 28.3. The number of hydrogen-bond donors (Lipinski definition) is 2. The van der Waals surface area contributed by atoms with Gasteiger partial charge in [0.15, 0.2) is 0 Å². The molecule has 0 aromatic heterocycles. The summed E-state index contributed by atoms with van der Waals surface area (Å²) in [5.41, 5.74) is 6.03. The molecule has 3 aromatic carbocycles. The number of benzene rings is 3. The van der Waals surface area contributed by atoms with Crippen molar-refractivity contribution in [2.24, 2.45) is 0 Å². The van der Waals surface area contributed by atoms with Crippen molar-refractivity contribution in [3.05, 3.63) is 139 Å². The first-order valence-corrected chi connectivity index (χ1v) is 17.0. The van der Waals surface area contributed by atoms with Crippen molar-refractivity contribution in [2.75, 3.05) is 6.54 Å². The minimum atomic E-state index is -3.79. The van der Waals surface area contributed by atoms with Crippen molar-refractivity contribution in [3.8, 4) is 0 Å². The van der Waals surface area contributed by atoms with Crippen LogP contribution in [0.3, 0.4) is 0 Å². The molecule has 0 amide bonds. The molecule has 0 fully saturated rings. The topological polar surface area (TPSA) is 58.2 Å². The summed E-state index contributed by atoms with van der Waals surface area (Å²) in [5.74, 6) is 0. The van der Waals surface area contributed by atoms with E-state index in [1.165, 1.54) is 5.57 Å². The van der Waals surface area contributed by atoms with Crippen molar-refractivity contribution in [1.82, 2.24) is 10.0 Å². The number of sulfonamides is 1. The molecule has 0 bridgehead atoms. The maximum absolute atomic E-state index is 13.9. The summed E-state index contributed by atoms with van der Waals surface area (Å²) < 4.78 is 30.9. The van der Waals surface area contributed by atoms with Gasteiger partial charge < -0.3 is 20.2 Å². The molecule has 0 heterocycles. The number of halogens is 1. The Bertz CT molecular complexity index is 1340. The Morgan fingerprint density at radius 2 is 1.39 bits per heavy atom. The van der Waals surface area contributed by atoms with Crippen molar-refractivity contribution in [3.63, 3.8) is 0 Å². The number of allylic oxidation sites excluding steroid dienone is 4. The van der Waals surface area contributed by atoms with Gasteiger partial charge in [0.2, 0.25) is 10.0 Å². The van der Waals surface area contributed by atoms with E-state index in [1.54, 1.807) is 0 Å². The molecule has 1 aliphatic rings. The monoisotopic (exact) mass is 681 g/mol. The van der Waals surface area contributed by atoms with Gasteiger partial charge in [0.1, 0.15) is 0 Å². The van der Waals surface area contributed by atoms with Crippen LogP contribution in [0.5, 0.6) is 0 Å². The molecular formula is C34H44ClN2O2RuS+. The molecule has 1 aliphatic carbocycles. The zero-order valence-corrected chi connectivity index (χ0v) is 28.1. The van der Waals surface area contributed by atoms with Crippen LogP contribution in [0.2, 0.25) is 0 Å². The second kappa shape index (κ2) is 18.5. The maximum atomic E-state index is 13.9. The quantitative estimate of drug-likeness (QED) is 0.121. The molecule has 0 saturated heterocycles. The minimum absolute atomic E-state index is 0. The summed E-state index contributed by atoms with van der Waals surface area (Å²) >= 11 is 1.82. The Labute approximate surface area is 263 Å². The molecule has 41 heavy (non-hydrogen) atoms. The summed E-state index contributed by atoms with van der Waals surface area (Å²) in [7, 11) is 0.776. The zero-order valence-electron chi connectivity index (χ0n) is 24.8. The molecule has 2 N–H and O–H groups in total. The summed E-state index contributed by atoms with van der Waals surface area (Å²) in [5, 5.41) is 3.71. The molecule has 3 aromatic rings. The van der Waals surface area contributed by atoms with Crippen molar-refractivity contribution in [1.29, 1.82) is 0 Å². The fourth-order valence-electron chi connectivity index (χ4n) is 5.33. The Hall–Kier alpha value is -2.08. The first kappa shape index (κ1) is 36.9. The Morgan fingerprint density at radius 1 is 0.854 bits per heavy atom. The molecule has 0 spiro atoms. The Kier molecular flexibility index (Phi) is 16.6. The number of aryl methyl sites for hydroxylation is 3. The molecule has 2 unspecified atom stereocenters. The van der Waals surface area contributed by atoms with Crippen LogP contribution in [-0.2, 0) is 27.3 Å². The van der Waals surface area contributed by atoms with Crippen LogP contribution < -0.4 is 10.0 Å². The molecule has 222 valence electrons. The van der Waals surface area contributed by atoms with Crippen LogP contribution in [0.1, 0.15) is 65.6 Å². The van der Waals surface area contributed by atoms with Crippen LogP contribution in [0, 0.1) is 35.6 Å². The average molecular weight is 681 g/mol. The van der Waals surface area contributed by atoms with Gasteiger partial charge in [0, 0.05) is 0 Å². The van der Waals surface area contributed by atoms with Gasteiger partial charge >= 0.3 is 27.0 Å². The van der Waals surface area contributed by atoms with E-state index in [9.17, 15) is 8.42 Å². The molecule has 7 heteroatoms. The normalized spacial score (nSPS) is 13.9. The molecule has 0 aliphatic heterocycles. The van der Waals surface area contributed by atoms with Crippen molar-refractivity contribution >= 4 is 19.7 Å². The predicted octanol–water partition coefficient (Wildman–Crippen LogP) is 8.61. The molecule has 0 radical (unpaired) electrons. The van der Waals surface area contributed by atoms with Crippen LogP contribution in [0.15, 0.2) is 101 Å². The van der Waals surface area contributed by atoms with E-state index in [1.807, 2.05) is 98.7 Å². The first-order chi connectivity index (χ1) is 18.8. The first-order valence-electron chi connectivity index (χ1n) is 13.3. The van der Waals surface area contributed by atoms with Gasteiger partial charge in [0.25, 0.3) is 0 Å². The van der Waals surface area contributed by atoms with E-state index in [0.29, 0.717) is 4.90 Å². The van der Waals surface area contributed by atoms with Gasteiger partial charge in [0.05, 0.1) is 17.0 Å².